The molecule has 0 spiro atoms. The Balaban J connectivity index is 1.61. The SMILES string of the molecule is CC(=O)NC1(C(=O)OCC(=O)Nc2ccccc2Sc2ccc(Cl)cc2)CCCCC1. The van der Waals surface area contributed by atoms with Gasteiger partial charge in [-0.3, -0.25) is 9.59 Å². The van der Waals surface area contributed by atoms with Gasteiger partial charge in [-0.15, -0.1) is 0 Å². The second kappa shape index (κ2) is 10.7. The summed E-state index contributed by atoms with van der Waals surface area (Å²) in [6.45, 7) is 0.964. The van der Waals surface area contributed by atoms with Crippen molar-refractivity contribution in [2.24, 2.45) is 0 Å². The van der Waals surface area contributed by atoms with Crippen LogP contribution in [0.2, 0.25) is 5.02 Å². The molecule has 0 bridgehead atoms. The first-order valence-electron chi connectivity index (χ1n) is 10.2. The summed E-state index contributed by atoms with van der Waals surface area (Å²) in [5.74, 6) is -1.27. The van der Waals surface area contributed by atoms with Crippen LogP contribution in [-0.4, -0.2) is 29.9 Å². The molecular formula is C23H25ClN2O4S. The van der Waals surface area contributed by atoms with Gasteiger partial charge in [-0.1, -0.05) is 54.8 Å². The Morgan fingerprint density at radius 1 is 1.03 bits per heavy atom. The van der Waals surface area contributed by atoms with Crippen molar-refractivity contribution in [1.82, 2.24) is 5.32 Å². The molecule has 0 radical (unpaired) electrons. The third-order valence-electron chi connectivity index (χ3n) is 5.05. The van der Waals surface area contributed by atoms with E-state index in [0.29, 0.717) is 23.6 Å². The van der Waals surface area contributed by atoms with Crippen LogP contribution in [0.5, 0.6) is 0 Å². The minimum absolute atomic E-state index is 0.281. The third-order valence-corrected chi connectivity index (χ3v) is 6.39. The Hall–Kier alpha value is -2.51. The van der Waals surface area contributed by atoms with Crippen LogP contribution in [0, 0.1) is 0 Å². The molecule has 8 heteroatoms. The second-order valence-electron chi connectivity index (χ2n) is 7.50. The minimum Gasteiger partial charge on any atom is -0.454 e. The summed E-state index contributed by atoms with van der Waals surface area (Å²) < 4.78 is 5.30. The lowest BCUT2D eigenvalue weighted by molar-refractivity contribution is -0.157. The highest BCUT2D eigenvalue weighted by Gasteiger charge is 2.42. The molecule has 0 aliphatic heterocycles. The molecular weight excluding hydrogens is 436 g/mol. The summed E-state index contributed by atoms with van der Waals surface area (Å²) in [5, 5.41) is 6.21. The van der Waals surface area contributed by atoms with E-state index in [9.17, 15) is 14.4 Å². The maximum Gasteiger partial charge on any atom is 0.332 e. The average molecular weight is 461 g/mol. The van der Waals surface area contributed by atoms with Gasteiger partial charge in [-0.05, 0) is 49.2 Å². The molecule has 6 nitrogen and oxygen atoms in total. The van der Waals surface area contributed by atoms with Crippen molar-refractivity contribution in [3.05, 3.63) is 53.6 Å². The molecule has 0 heterocycles. The first kappa shape index (κ1) is 23.2. The fraction of sp³-hybridized carbons (Fsp3) is 0.348. The Morgan fingerprint density at radius 2 is 1.71 bits per heavy atom. The number of amides is 2. The largest absolute Gasteiger partial charge is 0.454 e. The van der Waals surface area contributed by atoms with Gasteiger partial charge in [0.1, 0.15) is 5.54 Å². The molecule has 1 aliphatic carbocycles. The van der Waals surface area contributed by atoms with Crippen LogP contribution in [0.3, 0.4) is 0 Å². The maximum atomic E-state index is 12.7. The van der Waals surface area contributed by atoms with Crippen molar-refractivity contribution in [1.29, 1.82) is 0 Å². The highest BCUT2D eigenvalue weighted by molar-refractivity contribution is 7.99. The maximum absolute atomic E-state index is 12.7. The summed E-state index contributed by atoms with van der Waals surface area (Å²) in [6.07, 6.45) is 3.71. The number of carbonyl (C=O) groups excluding carboxylic acids is 3. The standard InChI is InChI=1S/C23H25ClN2O4S/c1-16(27)26-23(13-5-2-6-14-23)22(29)30-15-21(28)25-19-7-3-4-8-20(19)31-18-11-9-17(24)10-12-18/h3-4,7-12H,2,5-6,13-15H2,1H3,(H,25,28)(H,26,27). The molecule has 2 amide bonds. The molecule has 164 valence electrons. The molecule has 31 heavy (non-hydrogen) atoms. The van der Waals surface area contributed by atoms with Gasteiger partial charge in [0.25, 0.3) is 5.91 Å². The van der Waals surface area contributed by atoms with Crippen LogP contribution < -0.4 is 10.6 Å². The quantitative estimate of drug-likeness (QED) is 0.579. The molecule has 2 N–H and O–H groups in total. The predicted molar refractivity (Wildman–Crippen MR) is 121 cm³/mol. The number of hydrogen-bond acceptors (Lipinski definition) is 5. The molecule has 0 atom stereocenters. The molecule has 1 saturated carbocycles. The molecule has 2 aromatic carbocycles. The van der Waals surface area contributed by atoms with Gasteiger partial charge in [0, 0.05) is 21.7 Å². The normalized spacial score (nSPS) is 15.0. The molecule has 3 rings (SSSR count). The van der Waals surface area contributed by atoms with Crippen LogP contribution >= 0.6 is 23.4 Å². The van der Waals surface area contributed by atoms with Gasteiger partial charge >= 0.3 is 5.97 Å². The van der Waals surface area contributed by atoms with Crippen molar-refractivity contribution < 1.29 is 19.1 Å². The Labute approximate surface area is 191 Å². The summed E-state index contributed by atoms with van der Waals surface area (Å²) in [5.41, 5.74) is -0.412. The van der Waals surface area contributed by atoms with Gasteiger partial charge in [-0.2, -0.15) is 0 Å². The van der Waals surface area contributed by atoms with Gasteiger partial charge in [0.15, 0.2) is 6.61 Å². The van der Waals surface area contributed by atoms with Crippen molar-refractivity contribution in [3.8, 4) is 0 Å². The predicted octanol–water partition coefficient (Wildman–Crippen LogP) is 4.81. The molecule has 1 fully saturated rings. The lowest BCUT2D eigenvalue weighted by atomic mass is 9.81. The van der Waals surface area contributed by atoms with E-state index in [1.165, 1.54) is 18.7 Å². The lowest BCUT2D eigenvalue weighted by Crippen LogP contribution is -2.56. The molecule has 0 unspecified atom stereocenters. The van der Waals surface area contributed by atoms with Crippen molar-refractivity contribution in [2.75, 3.05) is 11.9 Å². The highest BCUT2D eigenvalue weighted by atomic mass is 35.5. The number of halogens is 1. The number of anilines is 1. The van der Waals surface area contributed by atoms with Crippen molar-refractivity contribution in [3.63, 3.8) is 0 Å². The number of hydrogen-bond donors (Lipinski definition) is 2. The van der Waals surface area contributed by atoms with Crippen LogP contribution in [0.4, 0.5) is 5.69 Å². The van der Waals surface area contributed by atoms with E-state index in [2.05, 4.69) is 10.6 Å². The van der Waals surface area contributed by atoms with E-state index >= 15 is 0 Å². The van der Waals surface area contributed by atoms with Gasteiger partial charge in [-0.25, -0.2) is 4.79 Å². The topological polar surface area (TPSA) is 84.5 Å². The number of para-hydroxylation sites is 1. The lowest BCUT2D eigenvalue weighted by Gasteiger charge is -2.35. The van der Waals surface area contributed by atoms with Gasteiger partial charge in [0.05, 0.1) is 5.69 Å². The number of esters is 1. The van der Waals surface area contributed by atoms with E-state index in [1.54, 1.807) is 18.2 Å². The van der Waals surface area contributed by atoms with E-state index in [4.69, 9.17) is 16.3 Å². The van der Waals surface area contributed by atoms with Gasteiger partial charge in [0.2, 0.25) is 5.91 Å². The Morgan fingerprint density at radius 3 is 2.39 bits per heavy atom. The van der Waals surface area contributed by atoms with Crippen LogP contribution in [-0.2, 0) is 19.1 Å². The third kappa shape index (κ3) is 6.48. The van der Waals surface area contributed by atoms with Crippen LogP contribution in [0.25, 0.3) is 0 Å². The van der Waals surface area contributed by atoms with E-state index < -0.39 is 24.0 Å². The fourth-order valence-corrected chi connectivity index (χ4v) is 4.64. The molecule has 1 aliphatic rings. The minimum atomic E-state index is -1.04. The first-order valence-corrected chi connectivity index (χ1v) is 11.4. The number of ether oxygens (including phenoxy) is 1. The second-order valence-corrected chi connectivity index (χ2v) is 9.05. The zero-order valence-electron chi connectivity index (χ0n) is 17.3. The average Bonchev–Trinajstić information content (AvgIpc) is 2.75. The summed E-state index contributed by atoms with van der Waals surface area (Å²) >= 11 is 7.43. The molecule has 0 aromatic heterocycles. The van der Waals surface area contributed by atoms with Gasteiger partial charge < -0.3 is 15.4 Å². The fourth-order valence-electron chi connectivity index (χ4n) is 3.62. The van der Waals surface area contributed by atoms with E-state index in [1.807, 2.05) is 30.3 Å². The summed E-state index contributed by atoms with van der Waals surface area (Å²) in [4.78, 5) is 38.6. The zero-order valence-corrected chi connectivity index (χ0v) is 18.9. The van der Waals surface area contributed by atoms with E-state index in [-0.39, 0.29) is 5.91 Å². The number of nitrogens with one attached hydrogen (secondary N) is 2. The smallest absolute Gasteiger partial charge is 0.332 e. The number of benzene rings is 2. The summed E-state index contributed by atoms with van der Waals surface area (Å²) in [6, 6.07) is 14.8. The number of carbonyl (C=O) groups is 3. The molecule has 0 saturated heterocycles. The van der Waals surface area contributed by atoms with Crippen LogP contribution in [0.15, 0.2) is 58.3 Å². The first-order chi connectivity index (χ1) is 14.9. The number of rotatable bonds is 7. The van der Waals surface area contributed by atoms with E-state index in [0.717, 1.165) is 29.1 Å². The monoisotopic (exact) mass is 460 g/mol. The highest BCUT2D eigenvalue weighted by Crippen LogP contribution is 2.34. The molecule has 2 aromatic rings. The van der Waals surface area contributed by atoms with Crippen LogP contribution in [0.1, 0.15) is 39.0 Å². The van der Waals surface area contributed by atoms with Crippen molar-refractivity contribution >= 4 is 46.8 Å². The zero-order chi connectivity index (χ0) is 22.3. The Bertz CT molecular complexity index is 943. The Kier molecular flexibility index (Phi) is 7.98. The van der Waals surface area contributed by atoms with Crippen molar-refractivity contribution in [2.45, 2.75) is 54.4 Å². The summed E-state index contributed by atoms with van der Waals surface area (Å²) in [7, 11) is 0.